The zero-order valence-electron chi connectivity index (χ0n) is 13.8. The maximum atomic E-state index is 12.9. The number of benzene rings is 1. The van der Waals surface area contributed by atoms with Crippen LogP contribution in [0.1, 0.15) is 32.2 Å². The van der Waals surface area contributed by atoms with Crippen LogP contribution in [0.2, 0.25) is 5.02 Å². The first-order chi connectivity index (χ1) is 12.5. The standard InChI is InChI=1S/C19H14ClN3O3/c1-3-7-21-19(25)15-9-13(10-22-15)18(24)16-11(2)26-23-17(16)12-5-4-6-14(20)8-12/h1,4-6,8-10,22H,7H2,2H3,(H,21,25). The molecule has 1 aromatic carbocycles. The Morgan fingerprint density at radius 2 is 2.19 bits per heavy atom. The van der Waals surface area contributed by atoms with Crippen LogP contribution < -0.4 is 5.32 Å². The molecule has 0 fully saturated rings. The van der Waals surface area contributed by atoms with Gasteiger partial charge in [0.1, 0.15) is 17.1 Å². The van der Waals surface area contributed by atoms with Gasteiger partial charge < -0.3 is 14.8 Å². The summed E-state index contributed by atoms with van der Waals surface area (Å²) in [5, 5.41) is 7.04. The number of aryl methyl sites for hydroxylation is 1. The Bertz CT molecular complexity index is 1030. The van der Waals surface area contributed by atoms with Crippen LogP contribution in [0.5, 0.6) is 0 Å². The first-order valence-electron chi connectivity index (χ1n) is 7.68. The highest BCUT2D eigenvalue weighted by Gasteiger charge is 2.24. The molecule has 0 aliphatic rings. The summed E-state index contributed by atoms with van der Waals surface area (Å²) in [7, 11) is 0. The molecule has 0 saturated carbocycles. The lowest BCUT2D eigenvalue weighted by molar-refractivity contribution is 0.0954. The van der Waals surface area contributed by atoms with Crippen LogP contribution in [0, 0.1) is 19.3 Å². The number of hydrogen-bond donors (Lipinski definition) is 2. The van der Waals surface area contributed by atoms with E-state index < -0.39 is 0 Å². The van der Waals surface area contributed by atoms with Crippen LogP contribution >= 0.6 is 11.6 Å². The van der Waals surface area contributed by atoms with Gasteiger partial charge in [0.05, 0.1) is 12.1 Å². The highest BCUT2D eigenvalue weighted by Crippen LogP contribution is 2.29. The number of carbonyl (C=O) groups is 2. The molecule has 7 heteroatoms. The number of rotatable bonds is 5. The number of hydrogen-bond acceptors (Lipinski definition) is 4. The molecule has 1 amide bonds. The molecule has 0 unspecified atom stereocenters. The second-order valence-electron chi connectivity index (χ2n) is 5.49. The fourth-order valence-corrected chi connectivity index (χ4v) is 2.69. The number of aromatic amines is 1. The second-order valence-corrected chi connectivity index (χ2v) is 5.93. The lowest BCUT2D eigenvalue weighted by Crippen LogP contribution is -2.23. The number of halogens is 1. The van der Waals surface area contributed by atoms with Crippen LogP contribution in [-0.4, -0.2) is 28.4 Å². The first-order valence-corrected chi connectivity index (χ1v) is 8.06. The van der Waals surface area contributed by atoms with Crippen molar-refractivity contribution in [1.82, 2.24) is 15.5 Å². The fraction of sp³-hybridized carbons (Fsp3) is 0.105. The van der Waals surface area contributed by atoms with Gasteiger partial charge in [0.25, 0.3) is 5.91 Å². The number of nitrogens with zero attached hydrogens (tertiary/aromatic N) is 1. The van der Waals surface area contributed by atoms with E-state index in [0.717, 1.165) is 0 Å². The number of ketones is 1. The zero-order valence-corrected chi connectivity index (χ0v) is 14.6. The van der Waals surface area contributed by atoms with Gasteiger partial charge in [0.15, 0.2) is 5.78 Å². The highest BCUT2D eigenvalue weighted by molar-refractivity contribution is 6.30. The molecule has 0 atom stereocenters. The van der Waals surface area contributed by atoms with E-state index in [1.807, 2.05) is 0 Å². The summed E-state index contributed by atoms with van der Waals surface area (Å²) in [6, 6.07) is 8.44. The average Bonchev–Trinajstić information content (AvgIpc) is 3.26. The summed E-state index contributed by atoms with van der Waals surface area (Å²) in [4.78, 5) is 27.6. The molecule has 0 aliphatic carbocycles. The summed E-state index contributed by atoms with van der Waals surface area (Å²) in [5.41, 5.74) is 1.93. The third kappa shape index (κ3) is 3.39. The van der Waals surface area contributed by atoms with Gasteiger partial charge in [-0.1, -0.05) is 34.8 Å². The lowest BCUT2D eigenvalue weighted by Gasteiger charge is -2.01. The molecule has 0 radical (unpaired) electrons. The van der Waals surface area contributed by atoms with E-state index in [9.17, 15) is 9.59 Å². The summed E-state index contributed by atoms with van der Waals surface area (Å²) in [6.07, 6.45) is 6.58. The molecular formula is C19H14ClN3O3. The molecule has 130 valence electrons. The molecule has 3 aromatic rings. The van der Waals surface area contributed by atoms with E-state index in [1.165, 1.54) is 12.3 Å². The minimum Gasteiger partial charge on any atom is -0.360 e. The van der Waals surface area contributed by atoms with E-state index >= 15 is 0 Å². The van der Waals surface area contributed by atoms with Crippen LogP contribution in [0.15, 0.2) is 41.1 Å². The van der Waals surface area contributed by atoms with Crippen molar-refractivity contribution < 1.29 is 14.1 Å². The van der Waals surface area contributed by atoms with E-state index in [4.69, 9.17) is 22.5 Å². The predicted octanol–water partition coefficient (Wildman–Crippen LogP) is 3.23. The molecule has 0 aliphatic heterocycles. The van der Waals surface area contributed by atoms with E-state index in [-0.39, 0.29) is 23.9 Å². The van der Waals surface area contributed by atoms with Crippen molar-refractivity contribution in [2.45, 2.75) is 6.92 Å². The maximum absolute atomic E-state index is 12.9. The minimum absolute atomic E-state index is 0.102. The lowest BCUT2D eigenvalue weighted by atomic mass is 9.99. The predicted molar refractivity (Wildman–Crippen MR) is 97.1 cm³/mol. The molecule has 2 aromatic heterocycles. The average molecular weight is 368 g/mol. The largest absolute Gasteiger partial charge is 0.360 e. The maximum Gasteiger partial charge on any atom is 0.268 e. The van der Waals surface area contributed by atoms with Gasteiger partial charge >= 0.3 is 0 Å². The molecule has 0 spiro atoms. The van der Waals surface area contributed by atoms with E-state index in [2.05, 4.69) is 21.4 Å². The Labute approximate surface area is 154 Å². The van der Waals surface area contributed by atoms with Gasteiger partial charge in [0.2, 0.25) is 0 Å². The number of aromatic nitrogens is 2. The van der Waals surface area contributed by atoms with Gasteiger partial charge in [0, 0.05) is 22.3 Å². The van der Waals surface area contributed by atoms with Gasteiger partial charge in [-0.3, -0.25) is 9.59 Å². The molecule has 0 bridgehead atoms. The van der Waals surface area contributed by atoms with Gasteiger partial charge in [-0.25, -0.2) is 0 Å². The van der Waals surface area contributed by atoms with Crippen LogP contribution in [0.4, 0.5) is 0 Å². The second kappa shape index (κ2) is 7.30. The Balaban J connectivity index is 1.95. The van der Waals surface area contributed by atoms with Crippen molar-refractivity contribution >= 4 is 23.3 Å². The van der Waals surface area contributed by atoms with E-state index in [0.29, 0.717) is 33.2 Å². The molecule has 2 N–H and O–H groups in total. The first kappa shape index (κ1) is 17.5. The minimum atomic E-state index is -0.390. The fourth-order valence-electron chi connectivity index (χ4n) is 2.50. The highest BCUT2D eigenvalue weighted by atomic mass is 35.5. The SMILES string of the molecule is C#CCNC(=O)c1cc(C(=O)c2c(-c3cccc(Cl)c3)noc2C)c[nH]1. The number of H-pyrrole nitrogens is 1. The summed E-state index contributed by atoms with van der Waals surface area (Å²) in [5.74, 6) is 1.99. The number of carbonyl (C=O) groups excluding carboxylic acids is 2. The van der Waals surface area contributed by atoms with Gasteiger partial charge in [-0.05, 0) is 25.1 Å². The van der Waals surface area contributed by atoms with Crippen molar-refractivity contribution in [3.05, 3.63) is 64.1 Å². The molecule has 2 heterocycles. The monoisotopic (exact) mass is 367 g/mol. The zero-order chi connectivity index (χ0) is 18.7. The number of amides is 1. The Kier molecular flexibility index (Phi) is 4.92. The van der Waals surface area contributed by atoms with Crippen molar-refractivity contribution in [3.8, 4) is 23.6 Å². The number of nitrogens with one attached hydrogen (secondary N) is 2. The third-order valence-electron chi connectivity index (χ3n) is 3.73. The molecule has 0 saturated heterocycles. The van der Waals surface area contributed by atoms with Gasteiger partial charge in [-0.15, -0.1) is 6.42 Å². The summed E-state index contributed by atoms with van der Waals surface area (Å²) < 4.78 is 5.21. The van der Waals surface area contributed by atoms with Crippen molar-refractivity contribution in [1.29, 1.82) is 0 Å². The topological polar surface area (TPSA) is 88.0 Å². The van der Waals surface area contributed by atoms with Gasteiger partial charge in [-0.2, -0.15) is 0 Å². The Morgan fingerprint density at radius 3 is 2.92 bits per heavy atom. The summed E-state index contributed by atoms with van der Waals surface area (Å²) in [6.45, 7) is 1.76. The third-order valence-corrected chi connectivity index (χ3v) is 3.96. The smallest absolute Gasteiger partial charge is 0.268 e. The Morgan fingerprint density at radius 1 is 1.38 bits per heavy atom. The number of terminal acetylenes is 1. The molecular weight excluding hydrogens is 354 g/mol. The quantitative estimate of drug-likeness (QED) is 0.535. The van der Waals surface area contributed by atoms with Crippen LogP contribution in [-0.2, 0) is 0 Å². The normalized spacial score (nSPS) is 10.3. The Hall–Kier alpha value is -3.30. The summed E-state index contributed by atoms with van der Waals surface area (Å²) >= 11 is 6.02. The van der Waals surface area contributed by atoms with E-state index in [1.54, 1.807) is 31.2 Å². The van der Waals surface area contributed by atoms with Crippen molar-refractivity contribution in [2.75, 3.05) is 6.54 Å². The molecule has 26 heavy (non-hydrogen) atoms. The van der Waals surface area contributed by atoms with Crippen LogP contribution in [0.3, 0.4) is 0 Å². The van der Waals surface area contributed by atoms with Crippen molar-refractivity contribution in [3.63, 3.8) is 0 Å². The van der Waals surface area contributed by atoms with Crippen molar-refractivity contribution in [2.24, 2.45) is 0 Å². The molecule has 6 nitrogen and oxygen atoms in total. The van der Waals surface area contributed by atoms with Crippen LogP contribution in [0.25, 0.3) is 11.3 Å². The molecule has 3 rings (SSSR count).